The number of rotatable bonds is 4. The van der Waals surface area contributed by atoms with Gasteiger partial charge >= 0.3 is 0 Å². The summed E-state index contributed by atoms with van der Waals surface area (Å²) in [6.45, 7) is 1.86. The van der Waals surface area contributed by atoms with Crippen molar-refractivity contribution in [3.05, 3.63) is 28.2 Å². The molecule has 0 spiro atoms. The third-order valence-electron chi connectivity index (χ3n) is 1.73. The number of halogens is 2. The van der Waals surface area contributed by atoms with Crippen molar-refractivity contribution < 1.29 is 9.53 Å². The molecule has 76 valence electrons. The van der Waals surface area contributed by atoms with E-state index in [0.29, 0.717) is 22.2 Å². The van der Waals surface area contributed by atoms with Gasteiger partial charge in [-0.15, -0.1) is 0 Å². The minimum atomic E-state index is -0.450. The van der Waals surface area contributed by atoms with Crippen LogP contribution in [0.15, 0.2) is 18.2 Å². The molecule has 0 aliphatic rings. The number of carbonyl (C=O) groups is 1. The van der Waals surface area contributed by atoms with Crippen LogP contribution in [0.2, 0.25) is 10.0 Å². The summed E-state index contributed by atoms with van der Waals surface area (Å²) in [4.78, 5) is 10.5. The zero-order valence-electron chi connectivity index (χ0n) is 7.67. The summed E-state index contributed by atoms with van der Waals surface area (Å²) in [7, 11) is 0. The van der Waals surface area contributed by atoms with Gasteiger partial charge in [0, 0.05) is 5.02 Å². The molecule has 0 aliphatic carbocycles. The zero-order valence-corrected chi connectivity index (χ0v) is 9.18. The summed E-state index contributed by atoms with van der Waals surface area (Å²) in [5.41, 5.74) is 0. The first-order valence-electron chi connectivity index (χ1n) is 4.24. The first-order chi connectivity index (χ1) is 6.67. The summed E-state index contributed by atoms with van der Waals surface area (Å²) < 4.78 is 5.34. The number of hydrogen-bond acceptors (Lipinski definition) is 2. The van der Waals surface area contributed by atoms with Crippen LogP contribution in [0.25, 0.3) is 0 Å². The lowest BCUT2D eigenvalue weighted by molar-refractivity contribution is -0.113. The quantitative estimate of drug-likeness (QED) is 0.745. The first-order valence-corrected chi connectivity index (χ1v) is 5.00. The first kappa shape index (κ1) is 11.3. The largest absolute Gasteiger partial charge is 0.481 e. The highest BCUT2D eigenvalue weighted by Gasteiger charge is 2.09. The van der Waals surface area contributed by atoms with Gasteiger partial charge in [0.05, 0.1) is 5.02 Å². The number of benzene rings is 1. The molecule has 0 N–H and O–H groups in total. The van der Waals surface area contributed by atoms with Gasteiger partial charge in [0.1, 0.15) is 5.75 Å². The summed E-state index contributed by atoms with van der Waals surface area (Å²) in [5.74, 6) is 0.481. The van der Waals surface area contributed by atoms with E-state index in [1.807, 2.05) is 6.92 Å². The smallest absolute Gasteiger partial charge is 0.160 e. The van der Waals surface area contributed by atoms with Gasteiger partial charge < -0.3 is 4.74 Å². The lowest BCUT2D eigenvalue weighted by Gasteiger charge is -2.12. The van der Waals surface area contributed by atoms with Crippen molar-refractivity contribution in [2.45, 2.75) is 19.4 Å². The van der Waals surface area contributed by atoms with Crippen LogP contribution in [-0.4, -0.2) is 12.4 Å². The molecule has 1 rings (SSSR count). The Labute approximate surface area is 92.8 Å². The molecule has 4 heteroatoms. The topological polar surface area (TPSA) is 26.3 Å². The maximum atomic E-state index is 10.5. The van der Waals surface area contributed by atoms with Gasteiger partial charge in [-0.3, -0.25) is 4.79 Å². The highest BCUT2D eigenvalue weighted by atomic mass is 35.5. The van der Waals surface area contributed by atoms with Crippen molar-refractivity contribution >= 4 is 29.5 Å². The van der Waals surface area contributed by atoms with Crippen LogP contribution >= 0.6 is 23.2 Å². The molecule has 2 nitrogen and oxygen atoms in total. The van der Waals surface area contributed by atoms with Crippen molar-refractivity contribution in [1.29, 1.82) is 0 Å². The summed E-state index contributed by atoms with van der Waals surface area (Å²) in [6.07, 6.45) is 0.918. The zero-order chi connectivity index (χ0) is 10.6. The molecular formula is C10H10Cl2O2. The fraction of sp³-hybridized carbons (Fsp3) is 0.300. The highest BCUT2D eigenvalue weighted by molar-refractivity contribution is 6.35. The maximum Gasteiger partial charge on any atom is 0.160 e. The van der Waals surface area contributed by atoms with Crippen LogP contribution in [0.3, 0.4) is 0 Å². The molecule has 1 aromatic rings. The number of hydrogen-bond donors (Lipinski definition) is 0. The molecule has 0 heterocycles. The lowest BCUT2D eigenvalue weighted by Crippen LogP contribution is -2.16. The summed E-state index contributed by atoms with van der Waals surface area (Å²) >= 11 is 11.6. The van der Waals surface area contributed by atoms with Gasteiger partial charge in [0.25, 0.3) is 0 Å². The van der Waals surface area contributed by atoms with Gasteiger partial charge in [-0.05, 0) is 24.6 Å². The SMILES string of the molecule is CCC(C=O)Oc1ccc(Cl)cc1Cl. The van der Waals surface area contributed by atoms with Gasteiger partial charge in [-0.25, -0.2) is 0 Å². The van der Waals surface area contributed by atoms with E-state index in [4.69, 9.17) is 27.9 Å². The van der Waals surface area contributed by atoms with Crippen LogP contribution in [0.4, 0.5) is 0 Å². The normalized spacial score (nSPS) is 12.2. The van der Waals surface area contributed by atoms with Gasteiger partial charge in [-0.1, -0.05) is 30.1 Å². The molecule has 0 saturated carbocycles. The lowest BCUT2D eigenvalue weighted by atomic mass is 10.3. The van der Waals surface area contributed by atoms with Crippen molar-refractivity contribution in [3.8, 4) is 5.75 Å². The third-order valence-corrected chi connectivity index (χ3v) is 2.26. The molecule has 0 fully saturated rings. The maximum absolute atomic E-state index is 10.5. The Hall–Kier alpha value is -0.730. The Morgan fingerprint density at radius 3 is 2.71 bits per heavy atom. The second-order valence-electron chi connectivity index (χ2n) is 2.78. The Kier molecular flexibility index (Phi) is 4.23. The number of aldehydes is 1. The molecule has 0 aromatic heterocycles. The Bertz CT molecular complexity index is 326. The third kappa shape index (κ3) is 2.89. The second-order valence-corrected chi connectivity index (χ2v) is 3.62. The molecule has 1 aromatic carbocycles. The van der Waals surface area contributed by atoms with Crippen LogP contribution in [0.1, 0.15) is 13.3 Å². The van der Waals surface area contributed by atoms with Crippen molar-refractivity contribution in [3.63, 3.8) is 0 Å². The van der Waals surface area contributed by atoms with E-state index < -0.39 is 6.10 Å². The van der Waals surface area contributed by atoms with E-state index in [9.17, 15) is 4.79 Å². The average Bonchev–Trinajstić information content (AvgIpc) is 2.17. The molecule has 0 saturated heterocycles. The number of carbonyl (C=O) groups excluding carboxylic acids is 1. The molecule has 1 atom stereocenters. The van der Waals surface area contributed by atoms with Gasteiger partial charge in [-0.2, -0.15) is 0 Å². The average molecular weight is 233 g/mol. The summed E-state index contributed by atoms with van der Waals surface area (Å²) in [5, 5.41) is 0.958. The van der Waals surface area contributed by atoms with E-state index in [2.05, 4.69) is 0 Å². The van der Waals surface area contributed by atoms with Crippen LogP contribution in [-0.2, 0) is 4.79 Å². The van der Waals surface area contributed by atoms with Crippen molar-refractivity contribution in [2.75, 3.05) is 0 Å². The Morgan fingerprint density at radius 1 is 1.50 bits per heavy atom. The molecule has 0 amide bonds. The van der Waals surface area contributed by atoms with Gasteiger partial charge in [0.15, 0.2) is 12.4 Å². The predicted octanol–water partition coefficient (Wildman–Crippen LogP) is 3.35. The number of ether oxygens (including phenoxy) is 1. The van der Waals surface area contributed by atoms with E-state index in [1.54, 1.807) is 18.2 Å². The van der Waals surface area contributed by atoms with Crippen molar-refractivity contribution in [1.82, 2.24) is 0 Å². The van der Waals surface area contributed by atoms with E-state index in [0.717, 1.165) is 6.29 Å². The monoisotopic (exact) mass is 232 g/mol. The molecule has 1 unspecified atom stereocenters. The van der Waals surface area contributed by atoms with Gasteiger partial charge in [0.2, 0.25) is 0 Å². The van der Waals surface area contributed by atoms with Crippen LogP contribution in [0.5, 0.6) is 5.75 Å². The molecule has 0 bridgehead atoms. The molecule has 0 aliphatic heterocycles. The molecule has 0 radical (unpaired) electrons. The van der Waals surface area contributed by atoms with E-state index >= 15 is 0 Å². The Balaban J connectivity index is 2.80. The minimum Gasteiger partial charge on any atom is -0.481 e. The minimum absolute atomic E-state index is 0.415. The van der Waals surface area contributed by atoms with Crippen LogP contribution < -0.4 is 4.74 Å². The van der Waals surface area contributed by atoms with E-state index in [-0.39, 0.29) is 0 Å². The standard InChI is InChI=1S/C10H10Cl2O2/c1-2-8(6-13)14-10-4-3-7(11)5-9(10)12/h3-6,8H,2H2,1H3. The highest BCUT2D eigenvalue weighted by Crippen LogP contribution is 2.28. The fourth-order valence-electron chi connectivity index (χ4n) is 0.941. The molecular weight excluding hydrogens is 223 g/mol. The van der Waals surface area contributed by atoms with Crippen molar-refractivity contribution in [2.24, 2.45) is 0 Å². The van der Waals surface area contributed by atoms with Crippen LogP contribution in [0, 0.1) is 0 Å². The second kappa shape index (κ2) is 5.23. The van der Waals surface area contributed by atoms with E-state index in [1.165, 1.54) is 0 Å². The molecule has 14 heavy (non-hydrogen) atoms. The summed E-state index contributed by atoms with van der Waals surface area (Å²) in [6, 6.07) is 4.90. The predicted molar refractivity (Wildman–Crippen MR) is 57.2 cm³/mol. The fourth-order valence-corrected chi connectivity index (χ4v) is 1.39. The Morgan fingerprint density at radius 2 is 2.21 bits per heavy atom.